The van der Waals surface area contributed by atoms with Crippen molar-refractivity contribution in [2.45, 2.75) is 6.54 Å². The summed E-state index contributed by atoms with van der Waals surface area (Å²) >= 11 is 10.5. The van der Waals surface area contributed by atoms with Crippen LogP contribution in [0.2, 0.25) is 4.47 Å². The predicted octanol–water partition coefficient (Wildman–Crippen LogP) is 4.50. The van der Waals surface area contributed by atoms with E-state index in [4.69, 9.17) is 11.6 Å². The standard InChI is InChI=1S/C13H9BrClFN4S/c14-8-4-19-20(7-8)12-2-1-9(16)3-11(12)17-5-10-6-18-13(15)21-10/h1-4,6-7,17H,5H2. The van der Waals surface area contributed by atoms with Crippen LogP contribution in [0.5, 0.6) is 0 Å². The van der Waals surface area contributed by atoms with Crippen LogP contribution in [0.1, 0.15) is 4.88 Å². The van der Waals surface area contributed by atoms with Crippen LogP contribution in [0.4, 0.5) is 10.1 Å². The highest BCUT2D eigenvalue weighted by molar-refractivity contribution is 9.10. The molecule has 0 bridgehead atoms. The van der Waals surface area contributed by atoms with Crippen LogP contribution in [-0.4, -0.2) is 14.8 Å². The van der Waals surface area contributed by atoms with Gasteiger partial charge >= 0.3 is 0 Å². The number of aromatic nitrogens is 3. The Bertz CT molecular complexity index is 773. The largest absolute Gasteiger partial charge is 0.378 e. The van der Waals surface area contributed by atoms with Crippen molar-refractivity contribution in [1.29, 1.82) is 0 Å². The number of hydrogen-bond acceptors (Lipinski definition) is 4. The van der Waals surface area contributed by atoms with E-state index in [1.165, 1.54) is 23.5 Å². The number of benzene rings is 1. The van der Waals surface area contributed by atoms with Crippen molar-refractivity contribution in [2.24, 2.45) is 0 Å². The molecule has 8 heteroatoms. The van der Waals surface area contributed by atoms with Crippen LogP contribution in [0.15, 0.2) is 41.3 Å². The number of anilines is 1. The summed E-state index contributed by atoms with van der Waals surface area (Å²) in [4.78, 5) is 4.95. The minimum atomic E-state index is -0.310. The van der Waals surface area contributed by atoms with Gasteiger partial charge in [-0.05, 0) is 34.1 Å². The lowest BCUT2D eigenvalue weighted by atomic mass is 10.2. The minimum absolute atomic E-state index is 0.310. The summed E-state index contributed by atoms with van der Waals surface area (Å²) in [6.07, 6.45) is 5.18. The van der Waals surface area contributed by atoms with Crippen LogP contribution in [0.25, 0.3) is 5.69 Å². The van der Waals surface area contributed by atoms with E-state index >= 15 is 0 Å². The van der Waals surface area contributed by atoms with E-state index in [0.29, 0.717) is 16.7 Å². The second-order valence-corrected chi connectivity index (χ2v) is 6.81. The van der Waals surface area contributed by atoms with Crippen molar-refractivity contribution in [3.8, 4) is 5.69 Å². The van der Waals surface area contributed by atoms with Crippen LogP contribution >= 0.6 is 38.9 Å². The quantitative estimate of drug-likeness (QED) is 0.717. The summed E-state index contributed by atoms with van der Waals surface area (Å²) in [6.45, 7) is 0.517. The molecule has 0 saturated heterocycles. The number of rotatable bonds is 4. The third-order valence-electron chi connectivity index (χ3n) is 2.73. The van der Waals surface area contributed by atoms with Gasteiger partial charge in [0.25, 0.3) is 0 Å². The SMILES string of the molecule is Fc1ccc(-n2cc(Br)cn2)c(NCc2cnc(Cl)s2)c1. The summed E-state index contributed by atoms with van der Waals surface area (Å²) in [5.74, 6) is -0.310. The molecule has 0 aliphatic carbocycles. The first-order valence-corrected chi connectivity index (χ1v) is 7.95. The highest BCUT2D eigenvalue weighted by Gasteiger charge is 2.08. The van der Waals surface area contributed by atoms with Gasteiger partial charge in [0.15, 0.2) is 4.47 Å². The Labute approximate surface area is 137 Å². The lowest BCUT2D eigenvalue weighted by molar-refractivity contribution is 0.627. The second-order valence-electron chi connectivity index (χ2n) is 4.20. The number of hydrogen-bond donors (Lipinski definition) is 1. The fourth-order valence-corrected chi connectivity index (χ4v) is 3.03. The number of halogens is 3. The van der Waals surface area contributed by atoms with Crippen molar-refractivity contribution in [2.75, 3.05) is 5.32 Å². The molecule has 0 aliphatic rings. The Kier molecular flexibility index (Phi) is 4.23. The number of nitrogens with zero attached hydrogens (tertiary/aromatic N) is 3. The first kappa shape index (κ1) is 14.5. The number of thiazole rings is 1. The molecule has 2 aromatic heterocycles. The normalized spacial score (nSPS) is 10.8. The van der Waals surface area contributed by atoms with Crippen molar-refractivity contribution in [3.05, 3.63) is 56.4 Å². The summed E-state index contributed by atoms with van der Waals surface area (Å²) in [5, 5.41) is 7.40. The van der Waals surface area contributed by atoms with Gasteiger partial charge in [-0.15, -0.1) is 11.3 Å². The van der Waals surface area contributed by atoms with Gasteiger partial charge in [0.05, 0.1) is 28.6 Å². The van der Waals surface area contributed by atoms with E-state index in [-0.39, 0.29) is 5.82 Å². The van der Waals surface area contributed by atoms with Gasteiger partial charge in [-0.2, -0.15) is 5.10 Å². The van der Waals surface area contributed by atoms with E-state index < -0.39 is 0 Å². The molecule has 1 aromatic carbocycles. The average molecular weight is 388 g/mol. The molecule has 0 amide bonds. The summed E-state index contributed by atoms with van der Waals surface area (Å²) < 4.78 is 16.5. The zero-order chi connectivity index (χ0) is 14.8. The molecular formula is C13H9BrClFN4S. The first-order valence-electron chi connectivity index (χ1n) is 5.96. The summed E-state index contributed by atoms with van der Waals surface area (Å²) in [6, 6.07) is 4.52. The Hall–Kier alpha value is -1.44. The fraction of sp³-hybridized carbons (Fsp3) is 0.0769. The molecule has 0 aliphatic heterocycles. The zero-order valence-corrected chi connectivity index (χ0v) is 13.7. The van der Waals surface area contributed by atoms with Crippen molar-refractivity contribution < 1.29 is 4.39 Å². The lowest BCUT2D eigenvalue weighted by Crippen LogP contribution is -2.04. The monoisotopic (exact) mass is 386 g/mol. The summed E-state index contributed by atoms with van der Waals surface area (Å²) in [5.41, 5.74) is 1.41. The molecule has 3 aromatic rings. The molecule has 0 spiro atoms. The Morgan fingerprint density at radius 3 is 2.90 bits per heavy atom. The molecule has 108 valence electrons. The van der Waals surface area contributed by atoms with Gasteiger partial charge < -0.3 is 5.32 Å². The smallest absolute Gasteiger partial charge is 0.183 e. The molecule has 0 atom stereocenters. The fourth-order valence-electron chi connectivity index (χ4n) is 1.83. The summed E-state index contributed by atoms with van der Waals surface area (Å²) in [7, 11) is 0. The Balaban J connectivity index is 1.88. The van der Waals surface area contributed by atoms with E-state index in [1.54, 1.807) is 23.1 Å². The van der Waals surface area contributed by atoms with Gasteiger partial charge in [0.1, 0.15) is 5.82 Å². The van der Waals surface area contributed by atoms with Crippen molar-refractivity contribution >= 4 is 44.6 Å². The second kappa shape index (κ2) is 6.13. The van der Waals surface area contributed by atoms with E-state index in [2.05, 4.69) is 31.3 Å². The van der Waals surface area contributed by atoms with Gasteiger partial charge in [0, 0.05) is 17.3 Å². The van der Waals surface area contributed by atoms with Crippen LogP contribution in [0, 0.1) is 5.82 Å². The van der Waals surface area contributed by atoms with Gasteiger partial charge in [-0.3, -0.25) is 0 Å². The van der Waals surface area contributed by atoms with Crippen LogP contribution < -0.4 is 5.32 Å². The predicted molar refractivity (Wildman–Crippen MR) is 85.7 cm³/mol. The average Bonchev–Trinajstić information content (AvgIpc) is 3.05. The Morgan fingerprint density at radius 1 is 1.38 bits per heavy atom. The maximum absolute atomic E-state index is 13.5. The molecule has 0 fully saturated rings. The molecule has 0 unspecified atom stereocenters. The molecule has 0 saturated carbocycles. The van der Waals surface area contributed by atoms with E-state index in [0.717, 1.165) is 15.0 Å². The molecule has 4 nitrogen and oxygen atoms in total. The molecule has 2 heterocycles. The minimum Gasteiger partial charge on any atom is -0.378 e. The molecule has 3 rings (SSSR count). The van der Waals surface area contributed by atoms with Gasteiger partial charge in [-0.1, -0.05) is 11.6 Å². The van der Waals surface area contributed by atoms with E-state index in [9.17, 15) is 4.39 Å². The lowest BCUT2D eigenvalue weighted by Gasteiger charge is -2.11. The third kappa shape index (κ3) is 3.42. The molecule has 21 heavy (non-hydrogen) atoms. The van der Waals surface area contributed by atoms with Crippen LogP contribution in [-0.2, 0) is 6.54 Å². The van der Waals surface area contributed by atoms with Gasteiger partial charge in [0.2, 0.25) is 0 Å². The highest BCUT2D eigenvalue weighted by Crippen LogP contribution is 2.24. The molecular weight excluding hydrogens is 379 g/mol. The van der Waals surface area contributed by atoms with Crippen molar-refractivity contribution in [1.82, 2.24) is 14.8 Å². The van der Waals surface area contributed by atoms with Crippen LogP contribution in [0.3, 0.4) is 0 Å². The maximum Gasteiger partial charge on any atom is 0.183 e. The first-order chi connectivity index (χ1) is 10.1. The topological polar surface area (TPSA) is 42.7 Å². The van der Waals surface area contributed by atoms with E-state index in [1.807, 2.05) is 6.20 Å². The highest BCUT2D eigenvalue weighted by atomic mass is 79.9. The van der Waals surface area contributed by atoms with Gasteiger partial charge in [-0.25, -0.2) is 14.1 Å². The third-order valence-corrected chi connectivity index (χ3v) is 4.26. The zero-order valence-electron chi connectivity index (χ0n) is 10.6. The number of nitrogens with one attached hydrogen (secondary N) is 1. The van der Waals surface area contributed by atoms with Crippen molar-refractivity contribution in [3.63, 3.8) is 0 Å². The maximum atomic E-state index is 13.5. The molecule has 0 radical (unpaired) electrons. The molecule has 1 N–H and O–H groups in total. The Morgan fingerprint density at radius 2 is 2.24 bits per heavy atom.